The van der Waals surface area contributed by atoms with Crippen molar-refractivity contribution in [1.82, 2.24) is 25.4 Å². The molecule has 1 aromatic heterocycles. The molecule has 0 aliphatic rings. The number of nitrogens with one attached hydrogen (secondary N) is 2. The van der Waals surface area contributed by atoms with E-state index < -0.39 is 11.9 Å². The highest BCUT2D eigenvalue weighted by molar-refractivity contribution is 5.74. The monoisotopic (exact) mass is 269 g/mol. The van der Waals surface area contributed by atoms with E-state index in [2.05, 4.69) is 20.8 Å². The average molecular weight is 269 g/mol. The van der Waals surface area contributed by atoms with Gasteiger partial charge in [-0.05, 0) is 13.3 Å². The zero-order chi connectivity index (χ0) is 14.3. The third kappa shape index (κ3) is 4.94. The first-order chi connectivity index (χ1) is 9.04. The van der Waals surface area contributed by atoms with Gasteiger partial charge in [0.2, 0.25) is 0 Å². The molecular formula is C11H19N5O3. The van der Waals surface area contributed by atoms with Gasteiger partial charge in [-0.3, -0.25) is 4.79 Å². The van der Waals surface area contributed by atoms with Crippen molar-refractivity contribution in [2.75, 3.05) is 6.54 Å². The standard InChI is InChI=1S/C11H19N5O3/c1-3-16-7-14-15-9(16)6-13-11(19)12-5-4-8(2)10(17)18/h7-8H,3-6H2,1-2H3,(H,17,18)(H2,12,13,19). The minimum atomic E-state index is -0.863. The van der Waals surface area contributed by atoms with E-state index in [9.17, 15) is 9.59 Å². The van der Waals surface area contributed by atoms with E-state index in [1.807, 2.05) is 11.5 Å². The van der Waals surface area contributed by atoms with Crippen molar-refractivity contribution in [2.45, 2.75) is 33.4 Å². The van der Waals surface area contributed by atoms with Gasteiger partial charge in [0.05, 0.1) is 12.5 Å². The van der Waals surface area contributed by atoms with Crippen LogP contribution in [0.25, 0.3) is 0 Å². The predicted octanol–water partition coefficient (Wildman–Crippen LogP) is 0.208. The molecule has 0 saturated heterocycles. The minimum Gasteiger partial charge on any atom is -0.481 e. The number of hydrogen-bond donors (Lipinski definition) is 3. The van der Waals surface area contributed by atoms with Crippen LogP contribution in [0.15, 0.2) is 6.33 Å². The Bertz CT molecular complexity index is 432. The average Bonchev–Trinajstić information content (AvgIpc) is 2.83. The van der Waals surface area contributed by atoms with Gasteiger partial charge < -0.3 is 20.3 Å². The maximum absolute atomic E-state index is 11.5. The van der Waals surface area contributed by atoms with E-state index in [1.165, 1.54) is 0 Å². The molecule has 1 heterocycles. The summed E-state index contributed by atoms with van der Waals surface area (Å²) in [6.07, 6.45) is 2.00. The molecule has 19 heavy (non-hydrogen) atoms. The van der Waals surface area contributed by atoms with Crippen molar-refractivity contribution in [1.29, 1.82) is 0 Å². The normalized spacial score (nSPS) is 11.9. The highest BCUT2D eigenvalue weighted by Crippen LogP contribution is 1.99. The summed E-state index contributed by atoms with van der Waals surface area (Å²) in [5.74, 6) is -0.654. The van der Waals surface area contributed by atoms with E-state index in [0.717, 1.165) is 6.54 Å². The number of hydrogen-bond acceptors (Lipinski definition) is 4. The summed E-state index contributed by atoms with van der Waals surface area (Å²) in [5, 5.41) is 21.6. The van der Waals surface area contributed by atoms with E-state index in [1.54, 1.807) is 13.3 Å². The summed E-state index contributed by atoms with van der Waals surface area (Å²) in [4.78, 5) is 22.0. The molecule has 2 amide bonds. The number of amides is 2. The molecular weight excluding hydrogens is 250 g/mol. The van der Waals surface area contributed by atoms with Crippen LogP contribution in [0.2, 0.25) is 0 Å². The Kier molecular flexibility index (Phi) is 5.77. The highest BCUT2D eigenvalue weighted by atomic mass is 16.4. The largest absolute Gasteiger partial charge is 0.481 e. The van der Waals surface area contributed by atoms with Crippen LogP contribution in [-0.4, -0.2) is 38.4 Å². The van der Waals surface area contributed by atoms with Crippen LogP contribution in [0.1, 0.15) is 26.1 Å². The van der Waals surface area contributed by atoms with Gasteiger partial charge in [0.15, 0.2) is 5.82 Å². The topological polar surface area (TPSA) is 109 Å². The fraction of sp³-hybridized carbons (Fsp3) is 0.636. The first-order valence-corrected chi connectivity index (χ1v) is 6.15. The maximum atomic E-state index is 11.5. The molecule has 1 unspecified atom stereocenters. The summed E-state index contributed by atoms with van der Waals surface area (Å²) in [6.45, 7) is 4.90. The van der Waals surface area contributed by atoms with Crippen LogP contribution >= 0.6 is 0 Å². The van der Waals surface area contributed by atoms with E-state index in [-0.39, 0.29) is 12.6 Å². The Hall–Kier alpha value is -2.12. The molecule has 3 N–H and O–H groups in total. The second-order valence-electron chi connectivity index (χ2n) is 4.17. The van der Waals surface area contributed by atoms with Crippen molar-refractivity contribution >= 4 is 12.0 Å². The van der Waals surface area contributed by atoms with Crippen molar-refractivity contribution in [3.05, 3.63) is 12.2 Å². The molecule has 0 radical (unpaired) electrons. The Labute approximate surface area is 111 Å². The quantitative estimate of drug-likeness (QED) is 0.655. The summed E-state index contributed by atoms with van der Waals surface area (Å²) in [7, 11) is 0. The fourth-order valence-electron chi connectivity index (χ4n) is 1.43. The molecule has 1 rings (SSSR count). The van der Waals surface area contributed by atoms with Gasteiger partial charge in [-0.15, -0.1) is 10.2 Å². The van der Waals surface area contributed by atoms with Gasteiger partial charge in [0, 0.05) is 13.1 Å². The van der Waals surface area contributed by atoms with Crippen LogP contribution < -0.4 is 10.6 Å². The second kappa shape index (κ2) is 7.34. The number of aliphatic carboxylic acids is 1. The van der Waals surface area contributed by atoms with Crippen LogP contribution in [0.5, 0.6) is 0 Å². The molecule has 106 valence electrons. The lowest BCUT2D eigenvalue weighted by molar-refractivity contribution is -0.141. The van der Waals surface area contributed by atoms with Crippen LogP contribution in [0, 0.1) is 5.92 Å². The Balaban J connectivity index is 2.23. The zero-order valence-corrected chi connectivity index (χ0v) is 11.1. The van der Waals surface area contributed by atoms with E-state index in [4.69, 9.17) is 5.11 Å². The Morgan fingerprint density at radius 3 is 2.84 bits per heavy atom. The molecule has 0 spiro atoms. The number of carboxylic acid groups (broad SMARTS) is 1. The molecule has 0 aliphatic heterocycles. The number of nitrogens with zero attached hydrogens (tertiary/aromatic N) is 3. The van der Waals surface area contributed by atoms with Gasteiger partial charge in [-0.2, -0.15) is 0 Å². The molecule has 0 saturated carbocycles. The van der Waals surface area contributed by atoms with Crippen molar-refractivity contribution < 1.29 is 14.7 Å². The number of carbonyl (C=O) groups excluding carboxylic acids is 1. The third-order valence-corrected chi connectivity index (χ3v) is 2.73. The van der Waals surface area contributed by atoms with Crippen LogP contribution in [0.4, 0.5) is 4.79 Å². The number of carboxylic acids is 1. The summed E-state index contributed by atoms with van der Waals surface area (Å²) < 4.78 is 1.83. The van der Waals surface area contributed by atoms with Crippen LogP contribution in [0.3, 0.4) is 0 Å². The molecule has 8 nitrogen and oxygen atoms in total. The van der Waals surface area contributed by atoms with Gasteiger partial charge in [-0.25, -0.2) is 4.79 Å². The molecule has 0 aliphatic carbocycles. The lowest BCUT2D eigenvalue weighted by Gasteiger charge is -2.09. The molecule has 0 aromatic carbocycles. The van der Waals surface area contributed by atoms with Gasteiger partial charge in [0.25, 0.3) is 0 Å². The molecule has 0 bridgehead atoms. The smallest absolute Gasteiger partial charge is 0.315 e. The number of rotatable bonds is 7. The molecule has 8 heteroatoms. The lowest BCUT2D eigenvalue weighted by Crippen LogP contribution is -2.37. The first-order valence-electron chi connectivity index (χ1n) is 6.15. The molecule has 1 atom stereocenters. The summed E-state index contributed by atoms with van der Waals surface area (Å²) >= 11 is 0. The fourth-order valence-corrected chi connectivity index (χ4v) is 1.43. The minimum absolute atomic E-state index is 0.286. The number of urea groups is 1. The van der Waals surface area contributed by atoms with Gasteiger partial charge in [0.1, 0.15) is 6.33 Å². The molecule has 1 aromatic rings. The van der Waals surface area contributed by atoms with Gasteiger partial charge >= 0.3 is 12.0 Å². The second-order valence-corrected chi connectivity index (χ2v) is 4.17. The van der Waals surface area contributed by atoms with Crippen molar-refractivity contribution in [3.63, 3.8) is 0 Å². The van der Waals surface area contributed by atoms with Gasteiger partial charge in [-0.1, -0.05) is 6.92 Å². The first kappa shape index (κ1) is 14.9. The van der Waals surface area contributed by atoms with E-state index >= 15 is 0 Å². The highest BCUT2D eigenvalue weighted by Gasteiger charge is 2.11. The van der Waals surface area contributed by atoms with Crippen molar-refractivity contribution in [2.24, 2.45) is 5.92 Å². The summed E-state index contributed by atoms with van der Waals surface area (Å²) in [6, 6.07) is -0.344. The third-order valence-electron chi connectivity index (χ3n) is 2.73. The predicted molar refractivity (Wildman–Crippen MR) is 67.4 cm³/mol. The Morgan fingerprint density at radius 2 is 2.21 bits per heavy atom. The maximum Gasteiger partial charge on any atom is 0.315 e. The number of aryl methyl sites for hydroxylation is 1. The summed E-state index contributed by atoms with van der Waals surface area (Å²) in [5.41, 5.74) is 0. The Morgan fingerprint density at radius 1 is 1.47 bits per heavy atom. The number of aromatic nitrogens is 3. The number of carbonyl (C=O) groups is 2. The SMILES string of the molecule is CCn1cnnc1CNC(=O)NCCC(C)C(=O)O. The van der Waals surface area contributed by atoms with Crippen LogP contribution in [-0.2, 0) is 17.9 Å². The van der Waals surface area contributed by atoms with E-state index in [0.29, 0.717) is 18.8 Å². The molecule has 0 fully saturated rings. The lowest BCUT2D eigenvalue weighted by atomic mass is 10.1. The zero-order valence-electron chi connectivity index (χ0n) is 11.1. The van der Waals surface area contributed by atoms with Crippen molar-refractivity contribution in [3.8, 4) is 0 Å².